The second kappa shape index (κ2) is 9.77. The highest BCUT2D eigenvalue weighted by Gasteiger charge is 2.27. The van der Waals surface area contributed by atoms with Crippen molar-refractivity contribution >= 4 is 0 Å². The predicted octanol–water partition coefficient (Wildman–Crippen LogP) is 2.94. The fraction of sp³-hybridized carbons (Fsp3) is 0.500. The van der Waals surface area contributed by atoms with Gasteiger partial charge in [-0.2, -0.15) is 0 Å². The number of aromatic hydroxyl groups is 4. The molecule has 2 aromatic carbocycles. The van der Waals surface area contributed by atoms with Gasteiger partial charge in [-0.25, -0.2) is 0 Å². The van der Waals surface area contributed by atoms with Gasteiger partial charge in [-0.1, -0.05) is 0 Å². The van der Waals surface area contributed by atoms with Gasteiger partial charge in [0.15, 0.2) is 0 Å². The van der Waals surface area contributed by atoms with E-state index in [1.54, 1.807) is 13.8 Å². The van der Waals surface area contributed by atoms with Crippen molar-refractivity contribution in [3.8, 4) is 23.0 Å². The Bertz CT molecular complexity index is 868. The van der Waals surface area contributed by atoms with Crippen molar-refractivity contribution in [2.24, 2.45) is 0 Å². The van der Waals surface area contributed by atoms with Crippen molar-refractivity contribution in [3.05, 3.63) is 45.5 Å². The van der Waals surface area contributed by atoms with E-state index in [4.69, 9.17) is 0 Å². The van der Waals surface area contributed by atoms with Gasteiger partial charge >= 0.3 is 0 Å². The smallest absolute Gasteiger partial charge is 0.126 e. The second-order valence-corrected chi connectivity index (χ2v) is 9.18. The highest BCUT2D eigenvalue weighted by molar-refractivity contribution is 5.60. The zero-order chi connectivity index (χ0) is 23.6. The van der Waals surface area contributed by atoms with E-state index in [0.717, 1.165) is 0 Å². The number of phenols is 4. The summed E-state index contributed by atoms with van der Waals surface area (Å²) in [6, 6.07) is 3.64. The predicted molar refractivity (Wildman–Crippen MR) is 124 cm³/mol. The minimum atomic E-state index is -0.365. The largest absolute Gasteiger partial charge is 0.507 e. The van der Waals surface area contributed by atoms with Crippen molar-refractivity contribution < 1.29 is 20.4 Å². The van der Waals surface area contributed by atoms with E-state index >= 15 is 0 Å². The van der Waals surface area contributed by atoms with Crippen LogP contribution in [0.4, 0.5) is 0 Å². The minimum absolute atomic E-state index is 0.0196. The first-order valence-corrected chi connectivity index (χ1v) is 10.4. The van der Waals surface area contributed by atoms with Gasteiger partial charge in [0.25, 0.3) is 0 Å². The Labute approximate surface area is 185 Å². The molecule has 4 N–H and O–H groups in total. The van der Waals surface area contributed by atoms with Crippen LogP contribution in [0.25, 0.3) is 0 Å². The Morgan fingerprint density at radius 1 is 0.613 bits per heavy atom. The minimum Gasteiger partial charge on any atom is -0.507 e. The molecule has 31 heavy (non-hydrogen) atoms. The molecule has 7 heteroatoms. The molecule has 0 atom stereocenters. The summed E-state index contributed by atoms with van der Waals surface area (Å²) in [6.45, 7) is 4.94. The maximum absolute atomic E-state index is 11.0. The number of likely N-dealkylation sites (N-methyl/N-ethyl adjacent to an activating group) is 1. The highest BCUT2D eigenvalue weighted by Crippen LogP contribution is 2.45. The van der Waals surface area contributed by atoms with Crippen LogP contribution in [0.3, 0.4) is 0 Å². The van der Waals surface area contributed by atoms with Crippen LogP contribution in [0.5, 0.6) is 23.0 Å². The number of nitrogens with zero attached hydrogens (tertiary/aromatic N) is 3. The number of hydrogen-bond donors (Lipinski definition) is 4. The maximum Gasteiger partial charge on any atom is 0.126 e. The molecule has 7 nitrogen and oxygen atoms in total. The Kier molecular flexibility index (Phi) is 7.81. The molecule has 0 aromatic heterocycles. The molecule has 0 spiro atoms. The lowest BCUT2D eigenvalue weighted by Gasteiger charge is -2.27. The van der Waals surface area contributed by atoms with Crippen molar-refractivity contribution in [1.29, 1.82) is 0 Å². The molecule has 0 saturated carbocycles. The molecule has 2 aromatic rings. The Balaban J connectivity index is 2.78. The van der Waals surface area contributed by atoms with E-state index in [2.05, 4.69) is 0 Å². The number of benzene rings is 2. The Morgan fingerprint density at radius 3 is 1.26 bits per heavy atom. The molecule has 0 saturated heterocycles. The number of phenolic OH excluding ortho intramolecular Hbond substituents is 4. The molecule has 0 aliphatic carbocycles. The topological polar surface area (TPSA) is 90.6 Å². The zero-order valence-corrected chi connectivity index (χ0v) is 20.0. The van der Waals surface area contributed by atoms with Crippen LogP contribution in [0.2, 0.25) is 0 Å². The first kappa shape index (κ1) is 24.8. The van der Waals surface area contributed by atoms with E-state index in [1.165, 1.54) is 0 Å². The second-order valence-electron chi connectivity index (χ2n) is 9.18. The van der Waals surface area contributed by atoms with E-state index < -0.39 is 0 Å². The average Bonchev–Trinajstić information content (AvgIpc) is 2.66. The Hall–Kier alpha value is -2.48. The van der Waals surface area contributed by atoms with Crippen molar-refractivity contribution in [2.75, 3.05) is 48.8 Å². The summed E-state index contributed by atoms with van der Waals surface area (Å²) in [7, 11) is 11.5. The zero-order valence-electron chi connectivity index (χ0n) is 20.0. The Morgan fingerprint density at radius 2 is 0.968 bits per heavy atom. The van der Waals surface area contributed by atoms with Gasteiger partial charge < -0.3 is 35.1 Å². The molecule has 2 rings (SSSR count). The van der Waals surface area contributed by atoms with Crippen molar-refractivity contribution in [3.63, 3.8) is 0 Å². The van der Waals surface area contributed by atoms with Gasteiger partial charge in [-0.05, 0) is 68.3 Å². The molecule has 0 unspecified atom stereocenters. The van der Waals surface area contributed by atoms with Crippen LogP contribution in [-0.4, -0.2) is 84.0 Å². The summed E-state index contributed by atoms with van der Waals surface area (Å²) in [5, 5.41) is 43.1. The van der Waals surface area contributed by atoms with E-state index in [-0.39, 0.29) is 28.9 Å². The first-order valence-electron chi connectivity index (χ1n) is 10.4. The lowest BCUT2D eigenvalue weighted by molar-refractivity contribution is 0.364. The van der Waals surface area contributed by atoms with E-state index in [9.17, 15) is 20.4 Å². The molecule has 0 aliphatic heterocycles. The molecule has 172 valence electrons. The SMILES string of the molecule is Cc1c(O)c(CN(C)C)cc(C(CN(C)C)c2cc(CN(C)C)c(O)c(C)c2O)c1O. The first-order chi connectivity index (χ1) is 14.3. The maximum atomic E-state index is 11.0. The van der Waals surface area contributed by atoms with Gasteiger partial charge in [0.2, 0.25) is 0 Å². The molecule has 0 amide bonds. The van der Waals surface area contributed by atoms with Crippen molar-refractivity contribution in [1.82, 2.24) is 14.7 Å². The third-order valence-corrected chi connectivity index (χ3v) is 5.51. The van der Waals surface area contributed by atoms with Gasteiger partial charge in [-0.3, -0.25) is 0 Å². The molecular formula is C24H37N3O4. The van der Waals surface area contributed by atoms with Gasteiger partial charge in [0.05, 0.1) is 0 Å². The molecule has 0 heterocycles. The average molecular weight is 432 g/mol. The monoisotopic (exact) mass is 431 g/mol. The lowest BCUT2D eigenvalue weighted by atomic mass is 9.84. The van der Waals surface area contributed by atoms with Gasteiger partial charge in [-0.15, -0.1) is 0 Å². The van der Waals surface area contributed by atoms with Crippen LogP contribution in [0.1, 0.15) is 39.3 Å². The van der Waals surface area contributed by atoms with Gasteiger partial charge in [0, 0.05) is 58.9 Å². The molecule has 0 bridgehead atoms. The summed E-state index contributed by atoms with van der Waals surface area (Å²) in [5.41, 5.74) is 3.53. The summed E-state index contributed by atoms with van der Waals surface area (Å²) in [6.07, 6.45) is 0. The molecular weight excluding hydrogens is 394 g/mol. The van der Waals surface area contributed by atoms with Crippen molar-refractivity contribution in [2.45, 2.75) is 32.9 Å². The van der Waals surface area contributed by atoms with Gasteiger partial charge in [0.1, 0.15) is 23.0 Å². The summed E-state index contributed by atoms with van der Waals surface area (Å²) in [5.74, 6) is -0.163. The normalized spacial score (nSPS) is 12.0. The lowest BCUT2D eigenvalue weighted by Crippen LogP contribution is -2.22. The third-order valence-electron chi connectivity index (χ3n) is 5.51. The van der Waals surface area contributed by atoms with Crippen LogP contribution in [0, 0.1) is 13.8 Å². The summed E-state index contributed by atoms with van der Waals surface area (Å²) in [4.78, 5) is 5.90. The van der Waals surface area contributed by atoms with E-state index in [0.29, 0.717) is 53.0 Å². The molecule has 0 aliphatic rings. The fourth-order valence-electron chi connectivity index (χ4n) is 3.97. The quantitative estimate of drug-likeness (QED) is 0.511. The van der Waals surface area contributed by atoms with E-state index in [1.807, 2.05) is 69.1 Å². The van der Waals surface area contributed by atoms with Crippen LogP contribution < -0.4 is 0 Å². The highest BCUT2D eigenvalue weighted by atomic mass is 16.3. The van der Waals surface area contributed by atoms with Crippen LogP contribution >= 0.6 is 0 Å². The number of rotatable bonds is 8. The summed E-state index contributed by atoms with van der Waals surface area (Å²) >= 11 is 0. The fourth-order valence-corrected chi connectivity index (χ4v) is 3.97. The number of hydrogen-bond acceptors (Lipinski definition) is 7. The van der Waals surface area contributed by atoms with Crippen LogP contribution in [0.15, 0.2) is 12.1 Å². The molecule has 0 fully saturated rings. The standard InChI is InChI=1S/C24H37N3O4/c1-14-21(28)16(11-25(3)4)9-18(23(14)30)20(13-27(7)8)19-10-17(12-26(5)6)22(29)15(2)24(19)31/h9-10,20,28-31H,11-13H2,1-8H3. The summed E-state index contributed by atoms with van der Waals surface area (Å²) < 4.78 is 0. The third kappa shape index (κ3) is 5.42. The molecule has 0 radical (unpaired) electrons. The van der Waals surface area contributed by atoms with Crippen LogP contribution in [-0.2, 0) is 13.1 Å².